The van der Waals surface area contributed by atoms with Gasteiger partial charge in [-0.3, -0.25) is 0 Å². The van der Waals surface area contributed by atoms with Crippen molar-refractivity contribution in [2.24, 2.45) is 5.92 Å². The number of hydrogen-bond acceptors (Lipinski definition) is 4. The zero-order chi connectivity index (χ0) is 21.3. The summed E-state index contributed by atoms with van der Waals surface area (Å²) in [6.45, 7) is 3.83. The molecule has 1 aliphatic heterocycles. The van der Waals surface area contributed by atoms with Gasteiger partial charge in [-0.15, -0.1) is 0 Å². The second-order valence-corrected chi connectivity index (χ2v) is 8.13. The Morgan fingerprint density at radius 1 is 1.20 bits per heavy atom. The molecule has 0 radical (unpaired) electrons. The monoisotopic (exact) mass is 424 g/mol. The predicted octanol–water partition coefficient (Wildman–Crippen LogP) is 5.73. The van der Waals surface area contributed by atoms with E-state index in [-0.39, 0.29) is 24.5 Å². The van der Waals surface area contributed by atoms with E-state index in [0.29, 0.717) is 23.9 Å². The third-order valence-corrected chi connectivity index (χ3v) is 5.50. The van der Waals surface area contributed by atoms with Crippen LogP contribution in [0.2, 0.25) is 0 Å². The quantitative estimate of drug-likeness (QED) is 0.495. The van der Waals surface area contributed by atoms with E-state index in [1.165, 1.54) is 31.4 Å². The molecule has 2 atom stereocenters. The van der Waals surface area contributed by atoms with E-state index in [1.807, 2.05) is 0 Å². The van der Waals surface area contributed by atoms with Gasteiger partial charge in [-0.1, -0.05) is 19.3 Å². The summed E-state index contributed by atoms with van der Waals surface area (Å²) < 4.78 is 52.2. The molecule has 1 aromatic heterocycles. The molecule has 2 heterocycles. The molecule has 1 aliphatic rings. The highest BCUT2D eigenvalue weighted by Crippen LogP contribution is 2.27. The standard InChI is InChI=1S/C23H31F3N2O2/c1-16-28-22(23(30-16)18-10-20(25)12-21(26)11-18)15-29-14-19(24)8-3-2-6-17-7-4-5-9-27-13-17/h10-12,17,19,27H,2-9,13-15H2,1H3/t17?,19-/m1/s1. The molecule has 7 heteroatoms. The summed E-state index contributed by atoms with van der Waals surface area (Å²) in [6, 6.07) is 3.14. The first-order valence-electron chi connectivity index (χ1n) is 10.9. The number of nitrogens with zero attached hydrogens (tertiary/aromatic N) is 1. The summed E-state index contributed by atoms with van der Waals surface area (Å²) >= 11 is 0. The average molecular weight is 425 g/mol. The summed E-state index contributed by atoms with van der Waals surface area (Å²) in [5.41, 5.74) is 0.655. The lowest BCUT2D eigenvalue weighted by molar-refractivity contribution is 0.0638. The molecule has 2 aromatic rings. The van der Waals surface area contributed by atoms with Crippen LogP contribution < -0.4 is 5.32 Å². The first-order chi connectivity index (χ1) is 14.5. The Balaban J connectivity index is 1.40. The summed E-state index contributed by atoms with van der Waals surface area (Å²) in [5.74, 6) is -0.0802. The van der Waals surface area contributed by atoms with Gasteiger partial charge in [0.05, 0.1) is 13.2 Å². The molecule has 0 bridgehead atoms. The number of rotatable bonds is 10. The van der Waals surface area contributed by atoms with Gasteiger partial charge in [-0.2, -0.15) is 0 Å². The van der Waals surface area contributed by atoms with Gasteiger partial charge in [0.2, 0.25) is 0 Å². The molecule has 0 amide bonds. The third kappa shape index (κ3) is 7.13. The van der Waals surface area contributed by atoms with Crippen LogP contribution in [0.3, 0.4) is 0 Å². The van der Waals surface area contributed by atoms with Crippen molar-refractivity contribution in [3.8, 4) is 11.3 Å². The van der Waals surface area contributed by atoms with Gasteiger partial charge < -0.3 is 14.5 Å². The number of aryl methyl sites for hydroxylation is 1. The molecule has 4 nitrogen and oxygen atoms in total. The van der Waals surface area contributed by atoms with Crippen LogP contribution in [-0.2, 0) is 11.3 Å². The molecule has 0 saturated carbocycles. The lowest BCUT2D eigenvalue weighted by atomic mass is 9.96. The van der Waals surface area contributed by atoms with Crippen LogP contribution in [0.5, 0.6) is 0 Å². The van der Waals surface area contributed by atoms with E-state index in [9.17, 15) is 13.2 Å². The van der Waals surface area contributed by atoms with Crippen LogP contribution in [0, 0.1) is 24.5 Å². The van der Waals surface area contributed by atoms with Crippen LogP contribution >= 0.6 is 0 Å². The van der Waals surface area contributed by atoms with E-state index in [1.54, 1.807) is 6.92 Å². The number of ether oxygens (including phenoxy) is 1. The Morgan fingerprint density at radius 2 is 2.00 bits per heavy atom. The number of alkyl halides is 1. The largest absolute Gasteiger partial charge is 0.441 e. The number of nitrogens with one attached hydrogen (secondary N) is 1. The Kier molecular flexibility index (Phi) is 8.75. The average Bonchev–Trinajstić information content (AvgIpc) is 2.88. The molecule has 3 rings (SSSR count). The second kappa shape index (κ2) is 11.5. The van der Waals surface area contributed by atoms with Crippen LogP contribution in [-0.4, -0.2) is 30.9 Å². The highest BCUT2D eigenvalue weighted by atomic mass is 19.1. The Morgan fingerprint density at radius 3 is 2.80 bits per heavy atom. The zero-order valence-electron chi connectivity index (χ0n) is 17.6. The number of hydrogen-bond donors (Lipinski definition) is 1. The molecule has 166 valence electrons. The van der Waals surface area contributed by atoms with Gasteiger partial charge in [0.25, 0.3) is 0 Å². The van der Waals surface area contributed by atoms with Crippen molar-refractivity contribution >= 4 is 0 Å². The molecular formula is C23H31F3N2O2. The lowest BCUT2D eigenvalue weighted by Crippen LogP contribution is -2.20. The van der Waals surface area contributed by atoms with E-state index in [0.717, 1.165) is 38.4 Å². The van der Waals surface area contributed by atoms with E-state index in [2.05, 4.69) is 10.3 Å². The van der Waals surface area contributed by atoms with Gasteiger partial charge in [0.15, 0.2) is 11.7 Å². The van der Waals surface area contributed by atoms with Crippen molar-refractivity contribution in [3.63, 3.8) is 0 Å². The van der Waals surface area contributed by atoms with Gasteiger partial charge in [0, 0.05) is 18.6 Å². The summed E-state index contributed by atoms with van der Waals surface area (Å²) in [7, 11) is 0. The zero-order valence-corrected chi connectivity index (χ0v) is 17.6. The van der Waals surface area contributed by atoms with Crippen LogP contribution in [0.15, 0.2) is 22.6 Å². The van der Waals surface area contributed by atoms with Crippen LogP contribution in [0.25, 0.3) is 11.3 Å². The summed E-state index contributed by atoms with van der Waals surface area (Å²) in [4.78, 5) is 4.21. The summed E-state index contributed by atoms with van der Waals surface area (Å²) in [6.07, 6.45) is 6.25. The molecule has 0 aliphatic carbocycles. The van der Waals surface area contributed by atoms with Crippen molar-refractivity contribution in [2.45, 2.75) is 64.6 Å². The lowest BCUT2D eigenvalue weighted by Gasteiger charge is -2.14. The maximum Gasteiger partial charge on any atom is 0.192 e. The Bertz CT molecular complexity index is 769. The first-order valence-corrected chi connectivity index (χ1v) is 10.9. The minimum absolute atomic E-state index is 0.0268. The SMILES string of the molecule is Cc1nc(COC[C@H](F)CCCCC2CCCCNC2)c(-c2cc(F)cc(F)c2)o1. The molecular weight excluding hydrogens is 393 g/mol. The third-order valence-electron chi connectivity index (χ3n) is 5.50. The van der Waals surface area contributed by atoms with Crippen molar-refractivity contribution < 1.29 is 22.3 Å². The van der Waals surface area contributed by atoms with Gasteiger partial charge >= 0.3 is 0 Å². The number of aromatic nitrogens is 1. The van der Waals surface area contributed by atoms with E-state index < -0.39 is 17.8 Å². The van der Waals surface area contributed by atoms with Crippen molar-refractivity contribution in [3.05, 3.63) is 41.4 Å². The van der Waals surface area contributed by atoms with Crippen molar-refractivity contribution in [1.29, 1.82) is 0 Å². The molecule has 1 saturated heterocycles. The van der Waals surface area contributed by atoms with Gasteiger partial charge in [0.1, 0.15) is 23.5 Å². The second-order valence-electron chi connectivity index (χ2n) is 8.13. The molecule has 1 aromatic carbocycles. The minimum Gasteiger partial charge on any atom is -0.441 e. The fourth-order valence-electron chi connectivity index (χ4n) is 3.98. The van der Waals surface area contributed by atoms with E-state index >= 15 is 0 Å². The van der Waals surface area contributed by atoms with Crippen molar-refractivity contribution in [2.75, 3.05) is 19.7 Å². The normalized spacial score (nSPS) is 18.3. The Hall–Kier alpha value is -1.86. The van der Waals surface area contributed by atoms with Gasteiger partial charge in [-0.25, -0.2) is 18.2 Å². The fraction of sp³-hybridized carbons (Fsp3) is 0.609. The summed E-state index contributed by atoms with van der Waals surface area (Å²) in [5, 5.41) is 3.47. The maximum absolute atomic E-state index is 14.2. The molecule has 1 unspecified atom stereocenters. The maximum atomic E-state index is 14.2. The number of benzene rings is 1. The molecule has 1 fully saturated rings. The van der Waals surface area contributed by atoms with Gasteiger partial charge in [-0.05, 0) is 56.8 Å². The molecule has 1 N–H and O–H groups in total. The van der Waals surface area contributed by atoms with E-state index in [4.69, 9.17) is 9.15 Å². The minimum atomic E-state index is -1.04. The predicted molar refractivity (Wildman–Crippen MR) is 110 cm³/mol. The topological polar surface area (TPSA) is 47.3 Å². The smallest absolute Gasteiger partial charge is 0.192 e. The number of oxazole rings is 1. The van der Waals surface area contributed by atoms with Crippen LogP contribution in [0.4, 0.5) is 13.2 Å². The molecule has 30 heavy (non-hydrogen) atoms. The Labute approximate surface area is 176 Å². The molecule has 0 spiro atoms. The fourth-order valence-corrected chi connectivity index (χ4v) is 3.98. The highest BCUT2D eigenvalue weighted by molar-refractivity contribution is 5.60. The first kappa shape index (κ1) is 22.8. The highest BCUT2D eigenvalue weighted by Gasteiger charge is 2.17. The number of unbranched alkanes of at least 4 members (excludes halogenated alkanes) is 1. The van der Waals surface area contributed by atoms with Crippen LogP contribution in [0.1, 0.15) is 56.5 Å². The number of halogens is 3. The van der Waals surface area contributed by atoms with Crippen molar-refractivity contribution in [1.82, 2.24) is 10.3 Å².